The number of benzene rings is 6. The van der Waals surface area contributed by atoms with Gasteiger partial charge < -0.3 is 74.5 Å². The van der Waals surface area contributed by atoms with Gasteiger partial charge in [-0.25, -0.2) is 0 Å². The fourth-order valence-electron chi connectivity index (χ4n) is 6.96. The number of hydrogen-bond donors (Lipinski definition) is 12. The summed E-state index contributed by atoms with van der Waals surface area (Å²) in [4.78, 5) is 64.6. The van der Waals surface area contributed by atoms with E-state index in [1.807, 2.05) is 0 Å². The summed E-state index contributed by atoms with van der Waals surface area (Å²) in [6.45, 7) is 0. The van der Waals surface area contributed by atoms with Crippen LogP contribution in [0.3, 0.4) is 0 Å². The molecule has 6 aromatic carbocycles. The molecular formula is C45H26O22. The lowest BCUT2D eigenvalue weighted by Crippen LogP contribution is -2.18. The molecule has 0 aliphatic heterocycles. The molecule has 0 atom stereocenters. The second kappa shape index (κ2) is 15.5. The van der Waals surface area contributed by atoms with Crippen molar-refractivity contribution >= 4 is 32.9 Å². The van der Waals surface area contributed by atoms with Crippen LogP contribution < -0.4 is 35.8 Å². The van der Waals surface area contributed by atoms with Crippen molar-refractivity contribution in [1.82, 2.24) is 0 Å². The zero-order valence-electron chi connectivity index (χ0n) is 33.0. The standard InChI is InChI=1S/C45H26O22/c46-15-1-4-20(23(51)7-15)39-43(36(58)32-26(54)10-18(49)12-29(32)61-39)65-64-42-34-31(14-28(56)35(42)57)63-41(22-6-3-17(48)9-25(22)53)45(38(34)60)67-66-44-37(59)33-27(55)11-19(50)13-30(33)62-40(44)21-5-2-16(47)8-24(21)52/h1-14,46-57H. The van der Waals surface area contributed by atoms with Gasteiger partial charge in [0.15, 0.2) is 23.0 Å². The zero-order chi connectivity index (χ0) is 47.7. The van der Waals surface area contributed by atoms with Crippen molar-refractivity contribution in [2.75, 3.05) is 0 Å². The number of fused-ring (bicyclic) bond motifs is 3. The predicted octanol–water partition coefficient (Wildman–Crippen LogP) is 6.22. The first kappa shape index (κ1) is 42.1. The molecule has 22 heteroatoms. The van der Waals surface area contributed by atoms with Gasteiger partial charge in [0.1, 0.15) is 90.4 Å². The Morgan fingerprint density at radius 3 is 0.985 bits per heavy atom. The van der Waals surface area contributed by atoms with Crippen molar-refractivity contribution in [3.63, 3.8) is 0 Å². The van der Waals surface area contributed by atoms with E-state index in [0.717, 1.165) is 78.9 Å². The molecule has 0 spiro atoms. The van der Waals surface area contributed by atoms with Gasteiger partial charge >= 0.3 is 0 Å². The monoisotopic (exact) mass is 918 g/mol. The largest absolute Gasteiger partial charge is 0.508 e. The Hall–Kier alpha value is -10.3. The molecule has 3 heterocycles. The Balaban J connectivity index is 1.25. The fourth-order valence-corrected chi connectivity index (χ4v) is 6.96. The van der Waals surface area contributed by atoms with E-state index in [0.29, 0.717) is 6.07 Å². The highest BCUT2D eigenvalue weighted by molar-refractivity contribution is 5.93. The molecule has 67 heavy (non-hydrogen) atoms. The van der Waals surface area contributed by atoms with Crippen LogP contribution in [0, 0.1) is 0 Å². The lowest BCUT2D eigenvalue weighted by Gasteiger charge is -2.16. The second-order valence-corrected chi connectivity index (χ2v) is 14.3. The molecule has 0 radical (unpaired) electrons. The molecule has 22 nitrogen and oxygen atoms in total. The summed E-state index contributed by atoms with van der Waals surface area (Å²) in [5.74, 6) is -15.0. The predicted molar refractivity (Wildman–Crippen MR) is 226 cm³/mol. The molecule has 0 aliphatic rings. The first-order valence-corrected chi connectivity index (χ1v) is 18.8. The maximum absolute atomic E-state index is 14.8. The van der Waals surface area contributed by atoms with E-state index < -0.39 is 164 Å². The zero-order valence-corrected chi connectivity index (χ0v) is 33.0. The van der Waals surface area contributed by atoms with Crippen LogP contribution in [0.2, 0.25) is 0 Å². The molecule has 9 rings (SSSR count). The summed E-state index contributed by atoms with van der Waals surface area (Å²) in [5.41, 5.74) is -6.64. The quantitative estimate of drug-likeness (QED) is 0.0434. The van der Waals surface area contributed by atoms with Crippen molar-refractivity contribution in [3.8, 4) is 126 Å². The van der Waals surface area contributed by atoms with Gasteiger partial charge in [0, 0.05) is 48.5 Å². The van der Waals surface area contributed by atoms with E-state index in [1.165, 1.54) is 0 Å². The van der Waals surface area contributed by atoms with Crippen LogP contribution in [0.15, 0.2) is 113 Å². The Morgan fingerprint density at radius 1 is 0.313 bits per heavy atom. The van der Waals surface area contributed by atoms with Gasteiger partial charge in [-0.2, -0.15) is 0 Å². The number of rotatable bonds is 9. The molecule has 0 aliphatic carbocycles. The number of phenols is 12. The maximum Gasteiger partial charge on any atom is 0.269 e. The highest BCUT2D eigenvalue weighted by Crippen LogP contribution is 2.47. The third-order valence-corrected chi connectivity index (χ3v) is 9.98. The molecule has 0 amide bonds. The van der Waals surface area contributed by atoms with Crippen LogP contribution in [0.1, 0.15) is 0 Å². The topological polar surface area (TPSA) is 370 Å². The molecular weight excluding hydrogens is 892 g/mol. The van der Waals surface area contributed by atoms with Gasteiger partial charge in [-0.3, -0.25) is 33.9 Å². The lowest BCUT2D eigenvalue weighted by molar-refractivity contribution is -0.104. The van der Waals surface area contributed by atoms with Crippen LogP contribution >= 0.6 is 0 Å². The van der Waals surface area contributed by atoms with E-state index in [1.54, 1.807) is 0 Å². The van der Waals surface area contributed by atoms with Crippen LogP contribution in [0.5, 0.6) is 92.0 Å². The normalized spacial score (nSPS) is 11.3. The smallest absolute Gasteiger partial charge is 0.269 e. The van der Waals surface area contributed by atoms with Crippen LogP contribution in [0.4, 0.5) is 0 Å². The Kier molecular flexibility index (Phi) is 9.75. The summed E-state index contributed by atoms with van der Waals surface area (Å²) < 4.78 is 17.5. The molecule has 0 saturated carbocycles. The maximum atomic E-state index is 14.8. The SMILES string of the molecule is O=c1c(OOc2c(-c3ccc(O)cc3O)oc3cc(O)c(O)c(OOc4c(-c5ccc(O)cc5O)oc5cc(O)cc(O)c5c4=O)c3c2=O)c(-c2ccc(O)cc2O)oc2cc(O)cc(O)c12. The van der Waals surface area contributed by atoms with Crippen LogP contribution in [-0.4, -0.2) is 61.3 Å². The highest BCUT2D eigenvalue weighted by Gasteiger charge is 2.32. The first-order valence-electron chi connectivity index (χ1n) is 18.8. The van der Waals surface area contributed by atoms with Gasteiger partial charge in [0.25, 0.3) is 17.2 Å². The van der Waals surface area contributed by atoms with Gasteiger partial charge in [0.2, 0.25) is 27.8 Å². The van der Waals surface area contributed by atoms with E-state index in [4.69, 9.17) is 32.8 Å². The number of hydrogen-bond acceptors (Lipinski definition) is 22. The van der Waals surface area contributed by atoms with E-state index in [2.05, 4.69) is 0 Å². The summed E-state index contributed by atoms with van der Waals surface area (Å²) in [5, 5.41) is 124. The first-order chi connectivity index (χ1) is 31.9. The minimum absolute atomic E-state index is 0.350. The van der Waals surface area contributed by atoms with Crippen molar-refractivity contribution in [3.05, 3.63) is 116 Å². The molecule has 9 aromatic rings. The highest BCUT2D eigenvalue weighted by atomic mass is 17.2. The van der Waals surface area contributed by atoms with Crippen LogP contribution in [-0.2, 0) is 0 Å². The molecule has 0 unspecified atom stereocenters. The van der Waals surface area contributed by atoms with Crippen LogP contribution in [0.25, 0.3) is 66.9 Å². The number of phenolic OH excluding ortho intramolecular Hbond substituents is 12. The lowest BCUT2D eigenvalue weighted by atomic mass is 10.1. The van der Waals surface area contributed by atoms with E-state index in [9.17, 15) is 75.7 Å². The molecule has 0 bridgehead atoms. The molecule has 12 N–H and O–H groups in total. The minimum Gasteiger partial charge on any atom is -0.508 e. The summed E-state index contributed by atoms with van der Waals surface area (Å²) in [6, 6.07) is 13.0. The minimum atomic E-state index is -1.44. The Labute approximate surface area is 368 Å². The van der Waals surface area contributed by atoms with E-state index in [-0.39, 0.29) is 11.1 Å². The summed E-state index contributed by atoms with van der Waals surface area (Å²) in [7, 11) is 0. The summed E-state index contributed by atoms with van der Waals surface area (Å²) in [6.07, 6.45) is 0. The van der Waals surface area contributed by atoms with Gasteiger partial charge in [-0.15, -0.1) is 0 Å². The Bertz CT molecular complexity index is 3750. The van der Waals surface area contributed by atoms with Gasteiger partial charge in [-0.05, 0) is 36.4 Å². The molecule has 0 fully saturated rings. The average Bonchev–Trinajstić information content (AvgIpc) is 3.24. The molecule has 0 saturated heterocycles. The Morgan fingerprint density at radius 2 is 0.627 bits per heavy atom. The van der Waals surface area contributed by atoms with Gasteiger partial charge in [-0.1, -0.05) is 0 Å². The molecule has 338 valence electrons. The van der Waals surface area contributed by atoms with Crippen molar-refractivity contribution in [2.45, 2.75) is 0 Å². The average molecular weight is 919 g/mol. The van der Waals surface area contributed by atoms with Crippen molar-refractivity contribution in [1.29, 1.82) is 0 Å². The third kappa shape index (κ3) is 7.09. The molecule has 3 aromatic heterocycles. The summed E-state index contributed by atoms with van der Waals surface area (Å²) >= 11 is 0. The van der Waals surface area contributed by atoms with E-state index >= 15 is 0 Å². The third-order valence-electron chi connectivity index (χ3n) is 9.98. The van der Waals surface area contributed by atoms with Crippen molar-refractivity contribution < 1.29 is 94.1 Å². The second-order valence-electron chi connectivity index (χ2n) is 14.3. The number of aromatic hydroxyl groups is 12. The van der Waals surface area contributed by atoms with Gasteiger partial charge in [0.05, 0.1) is 16.7 Å². The fraction of sp³-hybridized carbons (Fsp3) is 0. The van der Waals surface area contributed by atoms with Crippen molar-refractivity contribution in [2.24, 2.45) is 0 Å².